The van der Waals surface area contributed by atoms with Gasteiger partial charge in [-0.05, 0) is 54.2 Å². The van der Waals surface area contributed by atoms with Crippen molar-refractivity contribution in [2.75, 3.05) is 5.75 Å². The van der Waals surface area contributed by atoms with Gasteiger partial charge < -0.3 is 0 Å². The van der Waals surface area contributed by atoms with Crippen LogP contribution in [0.4, 0.5) is 0 Å². The molecule has 1 unspecified atom stereocenters. The maximum absolute atomic E-state index is 12.7. The van der Waals surface area contributed by atoms with Crippen molar-refractivity contribution in [3.63, 3.8) is 0 Å². The van der Waals surface area contributed by atoms with Crippen molar-refractivity contribution in [2.24, 2.45) is 5.41 Å². The highest BCUT2D eigenvalue weighted by Crippen LogP contribution is 2.42. The maximum atomic E-state index is 12.7. The molecule has 1 aromatic carbocycles. The molecule has 0 N–H and O–H groups in total. The number of ketones is 1. The number of carbonyl (C=O) groups is 1. The van der Waals surface area contributed by atoms with Gasteiger partial charge in [0.15, 0.2) is 15.6 Å². The summed E-state index contributed by atoms with van der Waals surface area (Å²) >= 11 is 6.69. The van der Waals surface area contributed by atoms with Crippen LogP contribution >= 0.6 is 31.9 Å². The average Bonchev–Trinajstić information content (AvgIpc) is 2.41. The molecule has 0 aliphatic heterocycles. The van der Waals surface area contributed by atoms with Crippen LogP contribution in [0.2, 0.25) is 0 Å². The van der Waals surface area contributed by atoms with E-state index in [1.807, 2.05) is 13.8 Å². The summed E-state index contributed by atoms with van der Waals surface area (Å²) in [6.07, 6.45) is 0.606. The van der Waals surface area contributed by atoms with Crippen LogP contribution in [0.15, 0.2) is 44.8 Å². The molecule has 0 heterocycles. The lowest BCUT2D eigenvalue weighted by Gasteiger charge is -2.36. The number of allylic oxidation sites excluding steroid dienone is 1. The highest BCUT2D eigenvalue weighted by molar-refractivity contribution is 9.10. The van der Waals surface area contributed by atoms with Crippen LogP contribution in [-0.4, -0.2) is 24.8 Å². The minimum Gasteiger partial charge on any atom is -0.293 e. The first-order valence-electron chi connectivity index (χ1n) is 6.91. The van der Waals surface area contributed by atoms with Gasteiger partial charge in [0.05, 0.1) is 15.5 Å². The molecule has 2 rings (SSSR count). The molecule has 6 heteroatoms. The molecule has 1 aliphatic rings. The molecule has 0 radical (unpaired) electrons. The second-order valence-corrected chi connectivity index (χ2v) is 10.2. The topological polar surface area (TPSA) is 51.2 Å². The Hall–Kier alpha value is -0.460. The van der Waals surface area contributed by atoms with Crippen molar-refractivity contribution in [2.45, 2.75) is 36.9 Å². The van der Waals surface area contributed by atoms with Gasteiger partial charge in [-0.25, -0.2) is 8.42 Å². The lowest BCUT2D eigenvalue weighted by molar-refractivity contribution is -0.116. The zero-order chi connectivity index (χ0) is 16.7. The average molecular weight is 450 g/mol. The summed E-state index contributed by atoms with van der Waals surface area (Å²) in [6, 6.07) is 6.58. The minimum atomic E-state index is -3.47. The third-order valence-corrected chi connectivity index (χ3v) is 7.05. The molecule has 1 aliphatic carbocycles. The Morgan fingerprint density at radius 2 is 1.77 bits per heavy atom. The standard InChI is InChI=1S/C16H18Br2O3S/c1-10-13(16(2,3)8-14(18)15(10)19)9-22(20,21)12-6-4-11(17)5-7-12/h4-7,14H,8-9H2,1-3H3. The second-order valence-electron chi connectivity index (χ2n) is 6.24. The number of halogens is 2. The monoisotopic (exact) mass is 448 g/mol. The summed E-state index contributed by atoms with van der Waals surface area (Å²) in [5.74, 6) is -0.126. The molecule has 0 spiro atoms. The third kappa shape index (κ3) is 3.54. The van der Waals surface area contributed by atoms with Crippen LogP contribution < -0.4 is 0 Å². The van der Waals surface area contributed by atoms with Gasteiger partial charge in [-0.1, -0.05) is 45.7 Å². The van der Waals surface area contributed by atoms with E-state index in [0.717, 1.165) is 10.0 Å². The van der Waals surface area contributed by atoms with E-state index in [9.17, 15) is 13.2 Å². The zero-order valence-electron chi connectivity index (χ0n) is 12.7. The van der Waals surface area contributed by atoms with E-state index in [1.165, 1.54) is 0 Å². The van der Waals surface area contributed by atoms with E-state index in [0.29, 0.717) is 12.0 Å². The van der Waals surface area contributed by atoms with Crippen LogP contribution in [0, 0.1) is 5.41 Å². The first kappa shape index (κ1) is 17.9. The Morgan fingerprint density at radius 3 is 2.32 bits per heavy atom. The van der Waals surface area contributed by atoms with Gasteiger partial charge >= 0.3 is 0 Å². The fourth-order valence-corrected chi connectivity index (χ4v) is 5.90. The molecule has 0 aromatic heterocycles. The van der Waals surface area contributed by atoms with Gasteiger partial charge in [-0.2, -0.15) is 0 Å². The molecule has 0 bridgehead atoms. The lowest BCUT2D eigenvalue weighted by Crippen LogP contribution is -2.35. The number of benzene rings is 1. The predicted molar refractivity (Wildman–Crippen MR) is 95.0 cm³/mol. The first-order chi connectivity index (χ1) is 10.0. The molecule has 1 atom stereocenters. The normalized spacial score (nSPS) is 22.0. The van der Waals surface area contributed by atoms with E-state index in [2.05, 4.69) is 31.9 Å². The van der Waals surface area contributed by atoms with E-state index in [1.54, 1.807) is 31.2 Å². The predicted octanol–water partition coefficient (Wildman–Crippen LogP) is 4.30. The van der Waals surface area contributed by atoms with Crippen LogP contribution in [0.1, 0.15) is 27.2 Å². The van der Waals surface area contributed by atoms with Crippen molar-refractivity contribution >= 4 is 47.5 Å². The van der Waals surface area contributed by atoms with Crippen molar-refractivity contribution < 1.29 is 13.2 Å². The largest absolute Gasteiger partial charge is 0.293 e. The molecular formula is C16H18Br2O3S. The highest BCUT2D eigenvalue weighted by Gasteiger charge is 2.39. The second kappa shape index (κ2) is 6.21. The molecule has 120 valence electrons. The van der Waals surface area contributed by atoms with Gasteiger partial charge in [0.25, 0.3) is 0 Å². The Kier molecular flexibility index (Phi) is 5.05. The van der Waals surface area contributed by atoms with Gasteiger partial charge in [0.2, 0.25) is 0 Å². The van der Waals surface area contributed by atoms with E-state index in [4.69, 9.17) is 0 Å². The van der Waals surface area contributed by atoms with E-state index < -0.39 is 9.84 Å². The van der Waals surface area contributed by atoms with E-state index >= 15 is 0 Å². The number of rotatable bonds is 3. The lowest BCUT2D eigenvalue weighted by atomic mass is 9.73. The molecule has 3 nitrogen and oxygen atoms in total. The van der Waals surface area contributed by atoms with Crippen molar-refractivity contribution in [1.82, 2.24) is 0 Å². The fraction of sp³-hybridized carbons (Fsp3) is 0.438. The van der Waals surface area contributed by atoms with Crippen LogP contribution in [-0.2, 0) is 14.6 Å². The summed E-state index contributed by atoms with van der Waals surface area (Å²) < 4.78 is 26.2. The Morgan fingerprint density at radius 1 is 1.23 bits per heavy atom. The van der Waals surface area contributed by atoms with Crippen LogP contribution in [0.3, 0.4) is 0 Å². The molecule has 0 fully saturated rings. The number of sulfone groups is 1. The number of hydrogen-bond acceptors (Lipinski definition) is 3. The van der Waals surface area contributed by atoms with Crippen LogP contribution in [0.25, 0.3) is 0 Å². The zero-order valence-corrected chi connectivity index (χ0v) is 16.7. The number of alkyl halides is 1. The molecular weight excluding hydrogens is 432 g/mol. The number of carbonyl (C=O) groups excluding carboxylic acids is 1. The summed E-state index contributed by atoms with van der Waals surface area (Å²) in [4.78, 5) is 12.2. The Labute approximate surface area is 148 Å². The van der Waals surface area contributed by atoms with Gasteiger partial charge in [0.1, 0.15) is 0 Å². The van der Waals surface area contributed by atoms with Gasteiger partial charge in [0, 0.05) is 4.47 Å². The molecule has 0 amide bonds. The fourth-order valence-electron chi connectivity index (χ4n) is 2.77. The van der Waals surface area contributed by atoms with Crippen molar-refractivity contribution in [3.05, 3.63) is 39.9 Å². The first-order valence-corrected chi connectivity index (χ1v) is 10.3. The summed E-state index contributed by atoms with van der Waals surface area (Å²) in [5.41, 5.74) is 0.962. The molecule has 1 aromatic rings. The summed E-state index contributed by atoms with van der Waals surface area (Å²) in [7, 11) is -3.47. The minimum absolute atomic E-state index is 0.0136. The summed E-state index contributed by atoms with van der Waals surface area (Å²) in [6.45, 7) is 5.71. The van der Waals surface area contributed by atoms with Crippen LogP contribution in [0.5, 0.6) is 0 Å². The smallest absolute Gasteiger partial charge is 0.182 e. The maximum Gasteiger partial charge on any atom is 0.182 e. The van der Waals surface area contributed by atoms with Gasteiger partial charge in [-0.3, -0.25) is 4.79 Å². The molecule has 22 heavy (non-hydrogen) atoms. The van der Waals surface area contributed by atoms with Crippen molar-refractivity contribution in [1.29, 1.82) is 0 Å². The number of Topliss-reactive ketones (excluding diaryl/α,β-unsaturated/α-hetero) is 1. The van der Waals surface area contributed by atoms with E-state index in [-0.39, 0.29) is 26.7 Å². The quantitative estimate of drug-likeness (QED) is 0.646. The highest BCUT2D eigenvalue weighted by atomic mass is 79.9. The Bertz CT molecular complexity index is 731. The van der Waals surface area contributed by atoms with Gasteiger partial charge in [-0.15, -0.1) is 0 Å². The number of hydrogen-bond donors (Lipinski definition) is 0. The molecule has 0 saturated carbocycles. The summed E-state index contributed by atoms with van der Waals surface area (Å²) in [5, 5.41) is 0. The third-order valence-electron chi connectivity index (χ3n) is 4.12. The van der Waals surface area contributed by atoms with Crippen molar-refractivity contribution in [3.8, 4) is 0 Å². The molecule has 0 saturated heterocycles. The SMILES string of the molecule is CC1=C(CS(=O)(=O)c2ccc(Br)cc2)C(C)(C)CC(Br)C1=O. The Balaban J connectivity index is 2.43.